The summed E-state index contributed by atoms with van der Waals surface area (Å²) in [5.74, 6) is 0. The Hall–Kier alpha value is 0.219. The molecule has 1 heterocycles. The molecule has 0 saturated carbocycles. The van der Waals surface area contributed by atoms with E-state index >= 15 is 0 Å². The van der Waals surface area contributed by atoms with Crippen LogP contribution in [0.1, 0.15) is 26.7 Å². The van der Waals surface area contributed by atoms with E-state index in [1.807, 2.05) is 30.0 Å². The molecule has 80 valence electrons. The summed E-state index contributed by atoms with van der Waals surface area (Å²) in [4.78, 5) is 0. The molecule has 0 aromatic heterocycles. The van der Waals surface area contributed by atoms with Crippen LogP contribution in [0.3, 0.4) is 0 Å². The van der Waals surface area contributed by atoms with Crippen LogP contribution >= 0.6 is 17.9 Å². The van der Waals surface area contributed by atoms with E-state index in [-0.39, 0.29) is 0 Å². The van der Waals surface area contributed by atoms with E-state index in [4.69, 9.17) is 10.5 Å². The average molecular weight is 345 g/mol. The average Bonchev–Trinajstić information content (AvgIpc) is 2.17. The molecule has 0 aliphatic carbocycles. The van der Waals surface area contributed by atoms with E-state index in [1.165, 1.54) is 21.7 Å². The predicted octanol–water partition coefficient (Wildman–Crippen LogP) is 3.99. The standard InChI is InChI=1S/C4H2N2S2.2C3H7.Sn/c5-1-3(2-6)4(7)8;2*1-3-2;/h7-8H;2*1,3H2,2H3;/q;;;+2/p-2. The molecule has 0 N–H and O–H groups in total. The first-order valence-electron chi connectivity index (χ1n) is 5.14. The first-order valence-corrected chi connectivity index (χ1v) is 17.8. The Morgan fingerprint density at radius 1 is 1.13 bits per heavy atom. The van der Waals surface area contributed by atoms with Crippen molar-refractivity contribution in [2.24, 2.45) is 0 Å². The third kappa shape index (κ3) is 3.09. The van der Waals surface area contributed by atoms with Gasteiger partial charge in [-0.2, -0.15) is 0 Å². The van der Waals surface area contributed by atoms with Crippen LogP contribution in [0.15, 0.2) is 9.81 Å². The Morgan fingerprint density at radius 2 is 1.60 bits per heavy atom. The molecule has 1 saturated heterocycles. The molecule has 1 aliphatic rings. The second kappa shape index (κ2) is 6.08. The Bertz CT molecular complexity index is 319. The van der Waals surface area contributed by atoms with Crippen molar-refractivity contribution in [2.45, 2.75) is 35.6 Å². The molecule has 0 unspecified atom stereocenters. The van der Waals surface area contributed by atoms with Crippen molar-refractivity contribution >= 4 is 33.5 Å². The third-order valence-corrected chi connectivity index (χ3v) is 32.7. The second-order valence-electron chi connectivity index (χ2n) is 3.50. The van der Waals surface area contributed by atoms with E-state index in [1.54, 1.807) is 0 Å². The summed E-state index contributed by atoms with van der Waals surface area (Å²) < 4.78 is 3.74. The maximum atomic E-state index is 8.76. The normalized spacial score (nSPS) is 17.5. The van der Waals surface area contributed by atoms with Crippen LogP contribution in [-0.2, 0) is 0 Å². The van der Waals surface area contributed by atoms with Gasteiger partial charge in [0.1, 0.15) is 0 Å². The van der Waals surface area contributed by atoms with Gasteiger partial charge in [0.15, 0.2) is 0 Å². The van der Waals surface area contributed by atoms with Crippen LogP contribution in [0.4, 0.5) is 0 Å². The zero-order valence-electron chi connectivity index (χ0n) is 9.04. The summed E-state index contributed by atoms with van der Waals surface area (Å²) in [6.07, 6.45) is 2.50. The van der Waals surface area contributed by atoms with Crippen molar-refractivity contribution in [1.29, 1.82) is 10.5 Å². The van der Waals surface area contributed by atoms with Crippen LogP contribution < -0.4 is 0 Å². The molecule has 15 heavy (non-hydrogen) atoms. The van der Waals surface area contributed by atoms with Crippen molar-refractivity contribution in [3.63, 3.8) is 0 Å². The van der Waals surface area contributed by atoms with Gasteiger partial charge in [-0.1, -0.05) is 0 Å². The molecule has 1 fully saturated rings. The zero-order chi connectivity index (χ0) is 11.3. The molecule has 0 atom stereocenters. The molecule has 2 nitrogen and oxygen atoms in total. The molecule has 1 rings (SSSR count). The maximum absolute atomic E-state index is 8.76. The first kappa shape index (κ1) is 13.3. The fourth-order valence-electron chi connectivity index (χ4n) is 1.65. The molecule has 0 bridgehead atoms. The van der Waals surface area contributed by atoms with Crippen LogP contribution in [0.25, 0.3) is 0 Å². The quantitative estimate of drug-likeness (QED) is 0.571. The van der Waals surface area contributed by atoms with Gasteiger partial charge in [0.2, 0.25) is 0 Å². The third-order valence-electron chi connectivity index (χ3n) is 2.25. The summed E-state index contributed by atoms with van der Waals surface area (Å²) in [5.41, 5.74) is 0.338. The molecule has 1 aliphatic heterocycles. The minimum absolute atomic E-state index is 0.338. The zero-order valence-corrected chi connectivity index (χ0v) is 13.5. The summed E-state index contributed by atoms with van der Waals surface area (Å²) in [7, 11) is 3.87. The number of rotatable bonds is 4. The molecular weight excluding hydrogens is 331 g/mol. The van der Waals surface area contributed by atoms with Crippen LogP contribution in [0.2, 0.25) is 8.87 Å². The summed E-state index contributed by atoms with van der Waals surface area (Å²) in [6.45, 7) is 4.46. The van der Waals surface area contributed by atoms with Gasteiger partial charge in [0.05, 0.1) is 0 Å². The van der Waals surface area contributed by atoms with Crippen molar-refractivity contribution in [3.8, 4) is 12.1 Å². The van der Waals surface area contributed by atoms with Gasteiger partial charge >= 0.3 is 102 Å². The summed E-state index contributed by atoms with van der Waals surface area (Å²) >= 11 is -1.98. The summed E-state index contributed by atoms with van der Waals surface area (Å²) in [5, 5.41) is 17.5. The Balaban J connectivity index is 2.70. The van der Waals surface area contributed by atoms with E-state index in [9.17, 15) is 0 Å². The van der Waals surface area contributed by atoms with Crippen molar-refractivity contribution in [1.82, 2.24) is 0 Å². The van der Waals surface area contributed by atoms with Crippen LogP contribution in [0, 0.1) is 22.7 Å². The van der Waals surface area contributed by atoms with Crippen LogP contribution in [-0.4, -0.2) is 15.6 Å². The van der Waals surface area contributed by atoms with Gasteiger partial charge in [0.25, 0.3) is 0 Å². The monoisotopic (exact) mass is 346 g/mol. The van der Waals surface area contributed by atoms with E-state index in [0.29, 0.717) is 5.57 Å². The molecule has 0 radical (unpaired) electrons. The Labute approximate surface area is 101 Å². The minimum atomic E-state index is -1.98. The fraction of sp³-hybridized carbons (Fsp3) is 0.600. The molecule has 0 amide bonds. The molecule has 0 spiro atoms. The summed E-state index contributed by atoms with van der Waals surface area (Å²) in [6, 6.07) is 3.97. The SMILES string of the molecule is CC[CH2][Sn]1([CH2]CC)[S]C(=C(C#N)C#N)[S]1. The second-order valence-corrected chi connectivity index (χ2v) is 28.8. The van der Waals surface area contributed by atoms with Crippen molar-refractivity contribution in [2.75, 3.05) is 0 Å². The Morgan fingerprint density at radius 3 is 1.93 bits per heavy atom. The van der Waals surface area contributed by atoms with E-state index < -0.39 is 15.6 Å². The molecule has 0 aromatic rings. The van der Waals surface area contributed by atoms with Gasteiger partial charge < -0.3 is 0 Å². The van der Waals surface area contributed by atoms with Gasteiger partial charge in [-0.3, -0.25) is 0 Å². The van der Waals surface area contributed by atoms with E-state index in [0.717, 1.165) is 4.24 Å². The molecule has 5 heteroatoms. The van der Waals surface area contributed by atoms with Crippen LogP contribution in [0.5, 0.6) is 0 Å². The van der Waals surface area contributed by atoms with Gasteiger partial charge in [-0.25, -0.2) is 0 Å². The predicted molar refractivity (Wildman–Crippen MR) is 69.4 cm³/mol. The molecule has 0 aromatic carbocycles. The van der Waals surface area contributed by atoms with Gasteiger partial charge in [-0.05, 0) is 0 Å². The van der Waals surface area contributed by atoms with E-state index in [2.05, 4.69) is 13.8 Å². The van der Waals surface area contributed by atoms with Gasteiger partial charge in [-0.15, -0.1) is 0 Å². The fourth-order valence-corrected chi connectivity index (χ4v) is 32.9. The number of hydrogen-bond acceptors (Lipinski definition) is 4. The Kier molecular flexibility index (Phi) is 5.38. The number of nitriles is 2. The first-order chi connectivity index (χ1) is 7.21. The molecular formula is C10H14N2S2Sn. The van der Waals surface area contributed by atoms with Crippen molar-refractivity contribution in [3.05, 3.63) is 9.81 Å². The number of nitrogens with zero attached hydrogens (tertiary/aromatic N) is 2. The van der Waals surface area contributed by atoms with Gasteiger partial charge in [0, 0.05) is 0 Å². The number of allylic oxidation sites excluding steroid dienone is 1. The van der Waals surface area contributed by atoms with Crippen molar-refractivity contribution < 1.29 is 0 Å². The topological polar surface area (TPSA) is 47.6 Å². The number of hydrogen-bond donors (Lipinski definition) is 0.